The molecule has 1 atom stereocenters. The number of Topliss-reactive ketones (excluding diaryl/α,β-unsaturated/α-hetero) is 1. The third-order valence-electron chi connectivity index (χ3n) is 5.91. The Kier molecular flexibility index (Phi) is 5.75. The molecule has 164 valence electrons. The standard InChI is InChI=1S/C22H27N5O4/c1-13(27-15(3)23-14(2)25-27)10-21(29)26-8-6-16(7-9-26)22(30)17-4-5-19-18(11-17)24-20(28)12-31-19/h4-5,11,13,16H,6-10,12H2,1-3H3,(H,24,28)/t13-/m1/s1. The fraction of sp³-hybridized carbons (Fsp3) is 0.500. The number of aromatic nitrogens is 3. The molecule has 1 aromatic carbocycles. The zero-order valence-corrected chi connectivity index (χ0v) is 18.1. The van der Waals surface area contributed by atoms with E-state index in [4.69, 9.17) is 4.74 Å². The van der Waals surface area contributed by atoms with Gasteiger partial charge in [0.15, 0.2) is 12.4 Å². The largest absolute Gasteiger partial charge is 0.482 e. The summed E-state index contributed by atoms with van der Waals surface area (Å²) in [6, 6.07) is 5.06. The van der Waals surface area contributed by atoms with Crippen LogP contribution in [0.3, 0.4) is 0 Å². The Morgan fingerprint density at radius 1 is 1.26 bits per heavy atom. The normalized spacial score (nSPS) is 17.5. The molecule has 1 aromatic heterocycles. The quantitative estimate of drug-likeness (QED) is 0.737. The molecule has 0 radical (unpaired) electrons. The van der Waals surface area contributed by atoms with Crippen molar-refractivity contribution in [2.24, 2.45) is 5.92 Å². The summed E-state index contributed by atoms with van der Waals surface area (Å²) in [5, 5.41) is 7.10. The molecule has 0 bridgehead atoms. The Hall–Kier alpha value is -3.23. The van der Waals surface area contributed by atoms with Crippen LogP contribution in [0.2, 0.25) is 0 Å². The van der Waals surface area contributed by atoms with Gasteiger partial charge < -0.3 is 15.0 Å². The lowest BCUT2D eigenvalue weighted by Gasteiger charge is -2.32. The van der Waals surface area contributed by atoms with E-state index in [0.29, 0.717) is 55.2 Å². The smallest absolute Gasteiger partial charge is 0.262 e. The number of piperidine rings is 1. The minimum Gasteiger partial charge on any atom is -0.482 e. The van der Waals surface area contributed by atoms with Crippen molar-refractivity contribution in [2.75, 3.05) is 25.0 Å². The van der Waals surface area contributed by atoms with Crippen LogP contribution in [0, 0.1) is 19.8 Å². The van der Waals surface area contributed by atoms with Crippen molar-refractivity contribution in [1.29, 1.82) is 0 Å². The molecule has 0 saturated carbocycles. The number of fused-ring (bicyclic) bond motifs is 1. The molecular formula is C22H27N5O4. The number of amides is 2. The van der Waals surface area contributed by atoms with Crippen molar-refractivity contribution < 1.29 is 19.1 Å². The monoisotopic (exact) mass is 425 g/mol. The Labute approximate surface area is 180 Å². The summed E-state index contributed by atoms with van der Waals surface area (Å²) in [6.45, 7) is 6.79. The Morgan fingerprint density at radius 2 is 2.00 bits per heavy atom. The Morgan fingerprint density at radius 3 is 2.68 bits per heavy atom. The number of ether oxygens (including phenoxy) is 1. The minimum atomic E-state index is -0.227. The molecule has 2 aromatic rings. The van der Waals surface area contributed by atoms with E-state index in [-0.39, 0.29) is 36.2 Å². The lowest BCUT2D eigenvalue weighted by atomic mass is 9.88. The zero-order chi connectivity index (χ0) is 22.1. The summed E-state index contributed by atoms with van der Waals surface area (Å²) in [7, 11) is 0. The molecule has 1 N–H and O–H groups in total. The first kappa shape index (κ1) is 21.0. The highest BCUT2D eigenvalue weighted by Gasteiger charge is 2.29. The fourth-order valence-electron chi connectivity index (χ4n) is 4.28. The number of hydrogen-bond donors (Lipinski definition) is 1. The molecule has 4 rings (SSSR count). The molecule has 1 saturated heterocycles. The SMILES string of the molecule is Cc1nc(C)n([C@H](C)CC(=O)N2CCC(C(=O)c3ccc4c(c3)NC(=O)CO4)CC2)n1. The van der Waals surface area contributed by atoms with Crippen LogP contribution in [0.1, 0.15) is 54.2 Å². The molecule has 2 aliphatic rings. The summed E-state index contributed by atoms with van der Waals surface area (Å²) in [5.41, 5.74) is 1.09. The predicted molar refractivity (Wildman–Crippen MR) is 113 cm³/mol. The van der Waals surface area contributed by atoms with Crippen LogP contribution in [0.4, 0.5) is 5.69 Å². The number of hydrogen-bond acceptors (Lipinski definition) is 6. The van der Waals surface area contributed by atoms with E-state index in [2.05, 4.69) is 15.4 Å². The number of carbonyl (C=O) groups excluding carboxylic acids is 3. The van der Waals surface area contributed by atoms with Gasteiger partial charge in [-0.3, -0.25) is 14.4 Å². The van der Waals surface area contributed by atoms with E-state index in [1.54, 1.807) is 22.9 Å². The average molecular weight is 425 g/mol. The third kappa shape index (κ3) is 4.45. The number of nitrogens with zero attached hydrogens (tertiary/aromatic N) is 4. The Bertz CT molecular complexity index is 1020. The average Bonchev–Trinajstić information content (AvgIpc) is 3.10. The summed E-state index contributed by atoms with van der Waals surface area (Å²) in [4.78, 5) is 43.4. The van der Waals surface area contributed by atoms with E-state index in [9.17, 15) is 14.4 Å². The first-order chi connectivity index (χ1) is 14.8. The van der Waals surface area contributed by atoms with Gasteiger partial charge in [-0.2, -0.15) is 5.10 Å². The second-order valence-electron chi connectivity index (χ2n) is 8.27. The molecule has 2 aliphatic heterocycles. The summed E-state index contributed by atoms with van der Waals surface area (Å²) < 4.78 is 7.14. The number of rotatable bonds is 5. The van der Waals surface area contributed by atoms with Crippen molar-refractivity contribution in [2.45, 2.75) is 46.1 Å². The summed E-state index contributed by atoms with van der Waals surface area (Å²) >= 11 is 0. The van der Waals surface area contributed by atoms with Gasteiger partial charge in [0.05, 0.1) is 11.7 Å². The molecule has 2 amide bonds. The molecule has 1 fully saturated rings. The first-order valence-corrected chi connectivity index (χ1v) is 10.6. The molecular weight excluding hydrogens is 398 g/mol. The summed E-state index contributed by atoms with van der Waals surface area (Å²) in [5.74, 6) is 1.81. The zero-order valence-electron chi connectivity index (χ0n) is 18.1. The first-order valence-electron chi connectivity index (χ1n) is 10.6. The lowest BCUT2D eigenvalue weighted by Crippen LogP contribution is -2.41. The van der Waals surface area contributed by atoms with Gasteiger partial charge in [0, 0.05) is 31.0 Å². The Balaban J connectivity index is 1.33. The molecule has 3 heterocycles. The van der Waals surface area contributed by atoms with Crippen molar-refractivity contribution >= 4 is 23.3 Å². The molecule has 31 heavy (non-hydrogen) atoms. The van der Waals surface area contributed by atoms with Gasteiger partial charge in [-0.15, -0.1) is 0 Å². The van der Waals surface area contributed by atoms with Crippen LogP contribution >= 0.6 is 0 Å². The molecule has 9 nitrogen and oxygen atoms in total. The van der Waals surface area contributed by atoms with Crippen molar-refractivity contribution in [3.05, 3.63) is 35.4 Å². The van der Waals surface area contributed by atoms with Crippen molar-refractivity contribution in [3.63, 3.8) is 0 Å². The number of nitrogens with one attached hydrogen (secondary N) is 1. The van der Waals surface area contributed by atoms with Gasteiger partial charge in [0.25, 0.3) is 5.91 Å². The number of carbonyl (C=O) groups is 3. The van der Waals surface area contributed by atoms with E-state index in [0.717, 1.165) is 5.82 Å². The van der Waals surface area contributed by atoms with Crippen LogP contribution in [-0.4, -0.2) is 57.0 Å². The van der Waals surface area contributed by atoms with Gasteiger partial charge in [-0.25, -0.2) is 9.67 Å². The van der Waals surface area contributed by atoms with Crippen LogP contribution in [-0.2, 0) is 9.59 Å². The highest BCUT2D eigenvalue weighted by molar-refractivity contribution is 6.01. The van der Waals surface area contributed by atoms with E-state index >= 15 is 0 Å². The van der Waals surface area contributed by atoms with Crippen LogP contribution in [0.25, 0.3) is 0 Å². The van der Waals surface area contributed by atoms with E-state index in [1.807, 2.05) is 25.7 Å². The maximum Gasteiger partial charge on any atom is 0.262 e. The van der Waals surface area contributed by atoms with Gasteiger partial charge >= 0.3 is 0 Å². The maximum atomic E-state index is 13.0. The number of likely N-dealkylation sites (tertiary alicyclic amines) is 1. The second-order valence-corrected chi connectivity index (χ2v) is 8.27. The van der Waals surface area contributed by atoms with Crippen LogP contribution < -0.4 is 10.1 Å². The van der Waals surface area contributed by atoms with Crippen molar-refractivity contribution in [1.82, 2.24) is 19.7 Å². The maximum absolute atomic E-state index is 13.0. The summed E-state index contributed by atoms with van der Waals surface area (Å²) in [6.07, 6.45) is 1.60. The van der Waals surface area contributed by atoms with E-state index < -0.39 is 0 Å². The van der Waals surface area contributed by atoms with Gasteiger partial charge in [0.2, 0.25) is 5.91 Å². The number of benzene rings is 1. The molecule has 0 unspecified atom stereocenters. The molecule has 9 heteroatoms. The van der Waals surface area contributed by atoms with Gasteiger partial charge in [-0.1, -0.05) is 0 Å². The topological polar surface area (TPSA) is 106 Å². The highest BCUT2D eigenvalue weighted by atomic mass is 16.5. The van der Waals surface area contributed by atoms with Crippen LogP contribution in [0.5, 0.6) is 5.75 Å². The minimum absolute atomic E-state index is 0.0124. The van der Waals surface area contributed by atoms with Gasteiger partial charge in [-0.05, 0) is 51.8 Å². The number of ketones is 1. The van der Waals surface area contributed by atoms with E-state index in [1.165, 1.54) is 0 Å². The number of aryl methyl sites for hydroxylation is 2. The lowest BCUT2D eigenvalue weighted by molar-refractivity contribution is -0.133. The van der Waals surface area contributed by atoms with Gasteiger partial charge in [0.1, 0.15) is 17.4 Å². The second kappa shape index (κ2) is 8.49. The highest BCUT2D eigenvalue weighted by Crippen LogP contribution is 2.31. The van der Waals surface area contributed by atoms with Crippen molar-refractivity contribution in [3.8, 4) is 5.75 Å². The third-order valence-corrected chi connectivity index (χ3v) is 5.91. The number of anilines is 1. The fourth-order valence-corrected chi connectivity index (χ4v) is 4.28. The molecule has 0 aliphatic carbocycles. The molecule has 0 spiro atoms. The predicted octanol–water partition coefficient (Wildman–Crippen LogP) is 2.30. The van der Waals surface area contributed by atoms with Crippen LogP contribution in [0.15, 0.2) is 18.2 Å².